The Balaban J connectivity index is 1.79. The summed E-state index contributed by atoms with van der Waals surface area (Å²) in [6.07, 6.45) is 0.841. The highest BCUT2D eigenvalue weighted by Gasteiger charge is 2.29. The molecule has 0 unspecified atom stereocenters. The van der Waals surface area contributed by atoms with Gasteiger partial charge >= 0.3 is 0 Å². The number of anilines is 1. The van der Waals surface area contributed by atoms with E-state index in [1.54, 1.807) is 29.6 Å². The predicted molar refractivity (Wildman–Crippen MR) is 79.7 cm³/mol. The molecule has 0 bridgehead atoms. The van der Waals surface area contributed by atoms with E-state index in [4.69, 9.17) is 0 Å². The molecule has 1 atom stereocenters. The summed E-state index contributed by atoms with van der Waals surface area (Å²) in [5.74, 6) is -0.611. The van der Waals surface area contributed by atoms with E-state index in [1.165, 1.54) is 12.1 Å². The third-order valence-electron chi connectivity index (χ3n) is 4.11. The Morgan fingerprint density at radius 2 is 2.18 bits per heavy atom. The summed E-state index contributed by atoms with van der Waals surface area (Å²) in [5, 5.41) is 2.74. The Hall–Kier alpha value is -2.44. The quantitative estimate of drug-likeness (QED) is 0.914. The van der Waals surface area contributed by atoms with Crippen molar-refractivity contribution in [2.45, 2.75) is 12.8 Å². The molecule has 0 saturated carbocycles. The molecule has 22 heavy (non-hydrogen) atoms. The van der Waals surface area contributed by atoms with Crippen molar-refractivity contribution in [2.75, 3.05) is 18.9 Å². The molecule has 0 aliphatic carbocycles. The van der Waals surface area contributed by atoms with Crippen LogP contribution in [-0.4, -0.2) is 39.9 Å². The number of likely N-dealkylation sites (tertiary alicyclic amines) is 1. The summed E-state index contributed by atoms with van der Waals surface area (Å²) >= 11 is 0. The van der Waals surface area contributed by atoms with E-state index < -0.39 is 0 Å². The average Bonchev–Trinajstić information content (AvgIpc) is 2.77. The van der Waals surface area contributed by atoms with Crippen molar-refractivity contribution in [3.63, 3.8) is 0 Å². The molecule has 0 radical (unpaired) electrons. The average molecular weight is 304 g/mol. The molecule has 6 nitrogen and oxygen atoms in total. The molecule has 1 aliphatic heterocycles. The Kier molecular flexibility index (Phi) is 3.56. The van der Waals surface area contributed by atoms with Crippen molar-refractivity contribution < 1.29 is 14.0 Å². The van der Waals surface area contributed by atoms with Crippen LogP contribution in [0, 0.1) is 11.7 Å². The number of aromatic nitrogens is 2. The lowest BCUT2D eigenvalue weighted by atomic mass is 9.96. The van der Waals surface area contributed by atoms with Gasteiger partial charge in [0.2, 0.25) is 17.8 Å². The van der Waals surface area contributed by atoms with E-state index in [0.717, 1.165) is 5.52 Å². The van der Waals surface area contributed by atoms with Crippen LogP contribution in [0.3, 0.4) is 0 Å². The van der Waals surface area contributed by atoms with Crippen molar-refractivity contribution >= 4 is 28.8 Å². The van der Waals surface area contributed by atoms with Crippen LogP contribution in [0.15, 0.2) is 18.2 Å². The lowest BCUT2D eigenvalue weighted by molar-refractivity contribution is -0.137. The minimum atomic E-state index is -0.371. The van der Waals surface area contributed by atoms with Crippen molar-refractivity contribution in [1.29, 1.82) is 0 Å². The number of amides is 2. The zero-order chi connectivity index (χ0) is 15.9. The highest BCUT2D eigenvalue weighted by Crippen LogP contribution is 2.22. The minimum absolute atomic E-state index is 0.0292. The first-order valence-electron chi connectivity index (χ1n) is 7.12. The summed E-state index contributed by atoms with van der Waals surface area (Å²) < 4.78 is 14.9. The zero-order valence-electron chi connectivity index (χ0n) is 12.5. The third-order valence-corrected chi connectivity index (χ3v) is 4.11. The van der Waals surface area contributed by atoms with Gasteiger partial charge in [0, 0.05) is 39.0 Å². The summed E-state index contributed by atoms with van der Waals surface area (Å²) in [6, 6.07) is 4.29. The smallest absolute Gasteiger partial charge is 0.230 e. The van der Waals surface area contributed by atoms with Gasteiger partial charge in [0.25, 0.3) is 0 Å². The van der Waals surface area contributed by atoms with Gasteiger partial charge in [-0.05, 0) is 18.6 Å². The lowest BCUT2D eigenvalue weighted by Gasteiger charge is -2.27. The first kappa shape index (κ1) is 14.5. The van der Waals surface area contributed by atoms with Gasteiger partial charge in [-0.3, -0.25) is 14.9 Å². The molecule has 1 aliphatic rings. The molecule has 2 amide bonds. The fraction of sp³-hybridized carbons (Fsp3) is 0.400. The number of halogens is 1. The molecule has 7 heteroatoms. The molecule has 1 aromatic carbocycles. The molecule has 116 valence electrons. The van der Waals surface area contributed by atoms with Crippen LogP contribution < -0.4 is 5.32 Å². The third kappa shape index (κ3) is 2.54. The summed E-state index contributed by atoms with van der Waals surface area (Å²) in [6.45, 7) is 0.574. The number of piperidine rings is 1. The molecular formula is C15H17FN4O2. The fourth-order valence-corrected chi connectivity index (χ4v) is 2.66. The number of carbonyl (C=O) groups is 2. The highest BCUT2D eigenvalue weighted by atomic mass is 19.1. The van der Waals surface area contributed by atoms with E-state index in [2.05, 4.69) is 10.3 Å². The van der Waals surface area contributed by atoms with Crippen LogP contribution in [0.2, 0.25) is 0 Å². The van der Waals surface area contributed by atoms with Crippen molar-refractivity contribution in [2.24, 2.45) is 13.0 Å². The SMILES string of the molecule is CN1CC[C@@H](C(=O)Nc2nc3cc(F)ccc3n2C)CC1=O. The van der Waals surface area contributed by atoms with Crippen LogP contribution in [-0.2, 0) is 16.6 Å². The summed E-state index contributed by atoms with van der Waals surface area (Å²) in [5.41, 5.74) is 1.22. The predicted octanol–water partition coefficient (Wildman–Crippen LogP) is 1.52. The Labute approximate surface area is 126 Å². The maximum Gasteiger partial charge on any atom is 0.230 e. The number of aryl methyl sites for hydroxylation is 1. The van der Waals surface area contributed by atoms with Crippen molar-refractivity contribution in [3.8, 4) is 0 Å². The number of rotatable bonds is 2. The number of hydrogen-bond donors (Lipinski definition) is 1. The molecule has 0 spiro atoms. The van der Waals surface area contributed by atoms with Gasteiger partial charge in [-0.1, -0.05) is 0 Å². The second kappa shape index (κ2) is 5.40. The monoisotopic (exact) mass is 304 g/mol. The Morgan fingerprint density at radius 3 is 2.91 bits per heavy atom. The molecule has 3 rings (SSSR count). The van der Waals surface area contributed by atoms with Gasteiger partial charge in [-0.2, -0.15) is 0 Å². The molecule has 1 aromatic heterocycles. The first-order chi connectivity index (χ1) is 10.5. The molecule has 2 aromatic rings. The minimum Gasteiger partial charge on any atom is -0.346 e. The standard InChI is InChI=1S/C15H17FN4O2/c1-19-6-5-9(7-13(19)21)14(22)18-15-17-11-8-10(16)3-4-12(11)20(15)2/h3-4,8-9H,5-7H2,1-2H3,(H,17,18,22)/t9-/m1/s1. The number of fused-ring (bicyclic) bond motifs is 1. The van der Waals surface area contributed by atoms with Gasteiger partial charge in [-0.15, -0.1) is 0 Å². The van der Waals surface area contributed by atoms with Crippen LogP contribution in [0.25, 0.3) is 11.0 Å². The lowest BCUT2D eigenvalue weighted by Crippen LogP contribution is -2.40. The second-order valence-corrected chi connectivity index (χ2v) is 5.62. The van der Waals surface area contributed by atoms with Crippen LogP contribution in [0.4, 0.5) is 10.3 Å². The summed E-state index contributed by atoms with van der Waals surface area (Å²) in [4.78, 5) is 29.9. The number of imidazole rings is 1. The number of benzene rings is 1. The second-order valence-electron chi connectivity index (χ2n) is 5.62. The molecule has 2 heterocycles. The van der Waals surface area contributed by atoms with Gasteiger partial charge < -0.3 is 9.47 Å². The Bertz CT molecular complexity index is 755. The van der Waals surface area contributed by atoms with Gasteiger partial charge in [-0.25, -0.2) is 9.37 Å². The largest absolute Gasteiger partial charge is 0.346 e. The number of nitrogens with one attached hydrogen (secondary N) is 1. The fourth-order valence-electron chi connectivity index (χ4n) is 2.66. The molecule has 1 N–H and O–H groups in total. The van der Waals surface area contributed by atoms with E-state index in [0.29, 0.717) is 24.4 Å². The van der Waals surface area contributed by atoms with E-state index in [9.17, 15) is 14.0 Å². The van der Waals surface area contributed by atoms with Crippen molar-refractivity contribution in [1.82, 2.24) is 14.5 Å². The normalized spacial score (nSPS) is 18.8. The molecule has 1 fully saturated rings. The molecular weight excluding hydrogens is 287 g/mol. The maximum atomic E-state index is 13.2. The number of hydrogen-bond acceptors (Lipinski definition) is 3. The maximum absolute atomic E-state index is 13.2. The van der Waals surface area contributed by atoms with Gasteiger partial charge in [0.15, 0.2) is 0 Å². The van der Waals surface area contributed by atoms with Gasteiger partial charge in [0.05, 0.1) is 11.0 Å². The number of carbonyl (C=O) groups excluding carboxylic acids is 2. The highest BCUT2D eigenvalue weighted by molar-refractivity contribution is 5.96. The van der Waals surface area contributed by atoms with E-state index >= 15 is 0 Å². The van der Waals surface area contributed by atoms with Crippen molar-refractivity contribution in [3.05, 3.63) is 24.0 Å². The summed E-state index contributed by atoms with van der Waals surface area (Å²) in [7, 11) is 3.49. The first-order valence-corrected chi connectivity index (χ1v) is 7.12. The topological polar surface area (TPSA) is 67.2 Å². The van der Waals surface area contributed by atoms with Gasteiger partial charge in [0.1, 0.15) is 5.82 Å². The zero-order valence-corrected chi connectivity index (χ0v) is 12.5. The Morgan fingerprint density at radius 1 is 1.41 bits per heavy atom. The van der Waals surface area contributed by atoms with Crippen LogP contribution >= 0.6 is 0 Å². The molecule has 1 saturated heterocycles. The number of nitrogens with zero attached hydrogens (tertiary/aromatic N) is 3. The van der Waals surface area contributed by atoms with Crippen LogP contribution in [0.1, 0.15) is 12.8 Å². The van der Waals surface area contributed by atoms with Crippen LogP contribution in [0.5, 0.6) is 0 Å². The van der Waals surface area contributed by atoms with E-state index in [1.807, 2.05) is 0 Å². The van der Waals surface area contributed by atoms with E-state index in [-0.39, 0.29) is 30.0 Å².